The van der Waals surface area contributed by atoms with Crippen molar-refractivity contribution in [2.75, 3.05) is 19.7 Å². The van der Waals surface area contributed by atoms with Crippen LogP contribution in [0.3, 0.4) is 0 Å². The van der Waals surface area contributed by atoms with Crippen LogP contribution in [0.4, 0.5) is 8.78 Å². The van der Waals surface area contributed by atoms with Gasteiger partial charge in [-0.1, -0.05) is 23.4 Å². The number of benzene rings is 2. The van der Waals surface area contributed by atoms with Crippen LogP contribution in [0, 0.1) is 0 Å². The standard InChI is InChI=1S/C23H21F2N3O4/c24-22(25)31-15-6-4-14(5-7-15)21-26-20(27-32-21)17-2-1-3-18-16(17)8-9-23(18)12-19(30)28(13-23)10-11-29/h1-7,22,29H,8-13H2/t23-/m1/s1. The van der Waals surface area contributed by atoms with Crippen molar-refractivity contribution in [2.45, 2.75) is 31.3 Å². The van der Waals surface area contributed by atoms with Gasteiger partial charge in [0, 0.05) is 36.1 Å². The molecule has 166 valence electrons. The molecule has 1 aromatic heterocycles. The number of amides is 1. The number of hydrogen-bond donors (Lipinski definition) is 1. The van der Waals surface area contributed by atoms with Crippen molar-refractivity contribution in [3.63, 3.8) is 0 Å². The number of nitrogens with zero attached hydrogens (tertiary/aromatic N) is 3. The lowest BCUT2D eigenvalue weighted by atomic mass is 9.80. The van der Waals surface area contributed by atoms with Crippen LogP contribution in [-0.4, -0.2) is 52.4 Å². The smallest absolute Gasteiger partial charge is 0.387 e. The maximum absolute atomic E-state index is 12.5. The van der Waals surface area contributed by atoms with Gasteiger partial charge < -0.3 is 19.3 Å². The monoisotopic (exact) mass is 441 g/mol. The van der Waals surface area contributed by atoms with E-state index < -0.39 is 6.61 Å². The minimum atomic E-state index is -2.88. The highest BCUT2D eigenvalue weighted by Gasteiger charge is 2.48. The number of alkyl halides is 2. The molecule has 0 bridgehead atoms. The van der Waals surface area contributed by atoms with Gasteiger partial charge in [-0.3, -0.25) is 4.79 Å². The van der Waals surface area contributed by atoms with Gasteiger partial charge in [-0.2, -0.15) is 13.8 Å². The number of aliphatic hydroxyl groups is 1. The summed E-state index contributed by atoms with van der Waals surface area (Å²) in [5.74, 6) is 0.840. The number of β-amino-alcohol motifs (C(OH)–C–C–N with tert-alkyl or cyclic N) is 1. The molecule has 0 radical (unpaired) electrons. The summed E-state index contributed by atoms with van der Waals surface area (Å²) in [5.41, 5.74) is 3.45. The summed E-state index contributed by atoms with van der Waals surface area (Å²) in [6.45, 7) is -1.97. The molecule has 5 rings (SSSR count). The number of ether oxygens (including phenoxy) is 1. The van der Waals surface area contributed by atoms with Gasteiger partial charge in [0.05, 0.1) is 6.61 Å². The van der Waals surface area contributed by atoms with E-state index in [2.05, 4.69) is 20.9 Å². The van der Waals surface area contributed by atoms with Crippen LogP contribution in [-0.2, 0) is 16.6 Å². The number of aromatic nitrogens is 2. The Balaban J connectivity index is 1.43. The van der Waals surface area contributed by atoms with Gasteiger partial charge in [0.2, 0.25) is 11.7 Å². The zero-order valence-electron chi connectivity index (χ0n) is 17.1. The molecule has 2 heterocycles. The highest BCUT2D eigenvalue weighted by Crippen LogP contribution is 2.48. The lowest BCUT2D eigenvalue weighted by molar-refractivity contribution is -0.128. The second kappa shape index (κ2) is 7.98. The van der Waals surface area contributed by atoms with E-state index in [9.17, 15) is 18.7 Å². The molecule has 1 atom stereocenters. The predicted octanol–water partition coefficient (Wildman–Crippen LogP) is 3.41. The van der Waals surface area contributed by atoms with Crippen LogP contribution in [0.5, 0.6) is 5.75 Å². The largest absolute Gasteiger partial charge is 0.435 e. The average molecular weight is 441 g/mol. The van der Waals surface area contributed by atoms with Crippen molar-refractivity contribution < 1.29 is 27.9 Å². The molecule has 1 saturated heterocycles. The van der Waals surface area contributed by atoms with Gasteiger partial charge in [0.1, 0.15) is 5.75 Å². The molecule has 3 aromatic rings. The second-order valence-corrected chi connectivity index (χ2v) is 8.15. The molecule has 2 aromatic carbocycles. The Kier molecular flexibility index (Phi) is 5.13. The van der Waals surface area contributed by atoms with Crippen molar-refractivity contribution in [3.05, 3.63) is 53.6 Å². The number of carbonyl (C=O) groups excluding carboxylic acids is 1. The Morgan fingerprint density at radius 3 is 2.78 bits per heavy atom. The first kappa shape index (κ1) is 20.6. The summed E-state index contributed by atoms with van der Waals surface area (Å²) >= 11 is 0. The van der Waals surface area contributed by atoms with Crippen molar-refractivity contribution in [1.82, 2.24) is 15.0 Å². The summed E-state index contributed by atoms with van der Waals surface area (Å²) in [6, 6.07) is 11.9. The van der Waals surface area contributed by atoms with E-state index in [4.69, 9.17) is 4.52 Å². The lowest BCUT2D eigenvalue weighted by Crippen LogP contribution is -2.32. The van der Waals surface area contributed by atoms with E-state index in [0.29, 0.717) is 30.9 Å². The Hall–Kier alpha value is -3.33. The van der Waals surface area contributed by atoms with Crippen molar-refractivity contribution >= 4 is 5.91 Å². The summed E-state index contributed by atoms with van der Waals surface area (Å²) in [4.78, 5) is 18.7. The molecule has 9 heteroatoms. The van der Waals surface area contributed by atoms with E-state index in [-0.39, 0.29) is 29.6 Å². The van der Waals surface area contributed by atoms with Gasteiger partial charge in [-0.05, 0) is 48.2 Å². The van der Waals surface area contributed by atoms with Crippen LogP contribution in [0.15, 0.2) is 47.0 Å². The molecule has 1 amide bonds. The Bertz CT molecular complexity index is 1150. The summed E-state index contributed by atoms with van der Waals surface area (Å²) in [6.07, 6.45) is 2.09. The fraction of sp³-hybridized carbons (Fsp3) is 0.348. The van der Waals surface area contributed by atoms with Crippen LogP contribution in [0.25, 0.3) is 22.8 Å². The SMILES string of the molecule is O=C1C[C@]2(CCc3c(-c4noc(-c5ccc(OC(F)F)cc5)n4)cccc32)CN1CCO. The Morgan fingerprint density at radius 1 is 1.22 bits per heavy atom. The van der Waals surface area contributed by atoms with E-state index in [1.54, 1.807) is 17.0 Å². The number of aliphatic hydroxyl groups excluding tert-OH is 1. The maximum Gasteiger partial charge on any atom is 0.387 e. The van der Waals surface area contributed by atoms with Crippen molar-refractivity contribution in [1.29, 1.82) is 0 Å². The maximum atomic E-state index is 12.5. The molecule has 1 spiro atoms. The Labute approximate surface area is 182 Å². The minimum absolute atomic E-state index is 0.0460. The van der Waals surface area contributed by atoms with Crippen LogP contribution in [0.2, 0.25) is 0 Å². The third-order valence-electron chi connectivity index (χ3n) is 6.30. The van der Waals surface area contributed by atoms with Crippen LogP contribution >= 0.6 is 0 Å². The number of halogens is 2. The van der Waals surface area contributed by atoms with Crippen molar-refractivity contribution in [3.8, 4) is 28.6 Å². The predicted molar refractivity (Wildman–Crippen MR) is 110 cm³/mol. The van der Waals surface area contributed by atoms with E-state index in [1.807, 2.05) is 12.1 Å². The number of rotatable bonds is 6. The summed E-state index contributed by atoms with van der Waals surface area (Å²) in [5, 5.41) is 13.4. The van der Waals surface area contributed by atoms with Gasteiger partial charge in [0.15, 0.2) is 0 Å². The first-order chi connectivity index (χ1) is 15.5. The summed E-state index contributed by atoms with van der Waals surface area (Å²) in [7, 11) is 0. The molecule has 2 aliphatic rings. The second-order valence-electron chi connectivity index (χ2n) is 8.15. The zero-order valence-corrected chi connectivity index (χ0v) is 17.1. The molecule has 0 unspecified atom stereocenters. The molecule has 32 heavy (non-hydrogen) atoms. The third kappa shape index (κ3) is 3.52. The fourth-order valence-corrected chi connectivity index (χ4v) is 4.87. The molecule has 7 nitrogen and oxygen atoms in total. The van der Waals surface area contributed by atoms with Crippen LogP contribution < -0.4 is 4.74 Å². The van der Waals surface area contributed by atoms with Gasteiger partial charge in [-0.15, -0.1) is 0 Å². The normalized spacial score (nSPS) is 19.9. The molecule has 1 fully saturated rings. The highest BCUT2D eigenvalue weighted by atomic mass is 19.3. The number of carbonyl (C=O) groups is 1. The third-order valence-corrected chi connectivity index (χ3v) is 6.30. The van der Waals surface area contributed by atoms with E-state index in [0.717, 1.165) is 29.5 Å². The van der Waals surface area contributed by atoms with Gasteiger partial charge in [0.25, 0.3) is 5.89 Å². The minimum Gasteiger partial charge on any atom is -0.435 e. The van der Waals surface area contributed by atoms with Gasteiger partial charge in [-0.25, -0.2) is 0 Å². The topological polar surface area (TPSA) is 88.7 Å². The van der Waals surface area contributed by atoms with Crippen molar-refractivity contribution in [2.24, 2.45) is 0 Å². The number of hydrogen-bond acceptors (Lipinski definition) is 6. The zero-order chi connectivity index (χ0) is 22.3. The molecular formula is C23H21F2N3O4. The molecule has 1 N–H and O–H groups in total. The fourth-order valence-electron chi connectivity index (χ4n) is 4.87. The lowest BCUT2D eigenvalue weighted by Gasteiger charge is -2.24. The molecule has 1 aliphatic heterocycles. The quantitative estimate of drug-likeness (QED) is 0.631. The van der Waals surface area contributed by atoms with Crippen LogP contribution in [0.1, 0.15) is 24.0 Å². The average Bonchev–Trinajstić information content (AvgIpc) is 3.47. The highest BCUT2D eigenvalue weighted by molar-refractivity contribution is 5.82. The molecular weight excluding hydrogens is 420 g/mol. The Morgan fingerprint density at radius 2 is 2.03 bits per heavy atom. The first-order valence-corrected chi connectivity index (χ1v) is 10.4. The first-order valence-electron chi connectivity index (χ1n) is 10.4. The molecule has 1 aliphatic carbocycles. The number of fused-ring (bicyclic) bond motifs is 2. The van der Waals surface area contributed by atoms with Gasteiger partial charge >= 0.3 is 6.61 Å². The summed E-state index contributed by atoms with van der Waals surface area (Å²) < 4.78 is 34.5. The number of likely N-dealkylation sites (tertiary alicyclic amines) is 1. The van der Waals surface area contributed by atoms with E-state index >= 15 is 0 Å². The van der Waals surface area contributed by atoms with E-state index in [1.165, 1.54) is 12.1 Å². The molecule has 0 saturated carbocycles.